The van der Waals surface area contributed by atoms with Crippen LogP contribution in [0.4, 0.5) is 0 Å². The first-order valence-electron chi connectivity index (χ1n) is 6.87. The van der Waals surface area contributed by atoms with E-state index >= 15 is 0 Å². The summed E-state index contributed by atoms with van der Waals surface area (Å²) >= 11 is 3.59. The van der Waals surface area contributed by atoms with Gasteiger partial charge in [-0.3, -0.25) is 0 Å². The number of rotatable bonds is 3. The van der Waals surface area contributed by atoms with Crippen LogP contribution in [-0.4, -0.2) is 17.3 Å². The summed E-state index contributed by atoms with van der Waals surface area (Å²) in [5, 5.41) is 13.7. The normalized spacial score (nSPS) is 26.6. The van der Waals surface area contributed by atoms with Crippen molar-refractivity contribution in [1.29, 1.82) is 0 Å². The maximum Gasteiger partial charge on any atom is 0.0693 e. The van der Waals surface area contributed by atoms with Crippen molar-refractivity contribution >= 4 is 15.9 Å². The zero-order valence-electron chi connectivity index (χ0n) is 10.9. The summed E-state index contributed by atoms with van der Waals surface area (Å²) in [6.45, 7) is 2.16. The maximum absolute atomic E-state index is 10.1. The lowest BCUT2D eigenvalue weighted by Gasteiger charge is -2.26. The van der Waals surface area contributed by atoms with Gasteiger partial charge in [0.1, 0.15) is 0 Å². The van der Waals surface area contributed by atoms with Crippen LogP contribution in [0, 0.1) is 0 Å². The highest BCUT2D eigenvalue weighted by atomic mass is 79.9. The summed E-state index contributed by atoms with van der Waals surface area (Å²) in [6, 6.07) is 8.78. The third-order valence-electron chi connectivity index (χ3n) is 3.82. The number of hydrogen-bond acceptors (Lipinski definition) is 2. The first kappa shape index (κ1) is 14.0. The van der Waals surface area contributed by atoms with Crippen molar-refractivity contribution in [2.45, 2.75) is 57.2 Å². The van der Waals surface area contributed by atoms with E-state index in [0.717, 1.165) is 23.7 Å². The van der Waals surface area contributed by atoms with Gasteiger partial charge in [-0.2, -0.15) is 0 Å². The average molecular weight is 312 g/mol. The highest BCUT2D eigenvalue weighted by molar-refractivity contribution is 9.10. The SMILES string of the molecule is CC(NC1CCCCCC1O)c1ccccc1Br. The lowest BCUT2D eigenvalue weighted by molar-refractivity contribution is 0.115. The predicted octanol–water partition coefficient (Wildman–Crippen LogP) is 3.79. The first-order valence-corrected chi connectivity index (χ1v) is 7.66. The molecule has 3 unspecified atom stereocenters. The van der Waals surface area contributed by atoms with E-state index in [1.165, 1.54) is 18.4 Å². The van der Waals surface area contributed by atoms with Gasteiger partial charge < -0.3 is 10.4 Å². The predicted molar refractivity (Wildman–Crippen MR) is 78.6 cm³/mol. The molecule has 0 spiro atoms. The highest BCUT2D eigenvalue weighted by Crippen LogP contribution is 2.25. The fourth-order valence-electron chi connectivity index (χ4n) is 2.72. The topological polar surface area (TPSA) is 32.3 Å². The van der Waals surface area contributed by atoms with E-state index in [9.17, 15) is 5.11 Å². The second-order valence-electron chi connectivity index (χ2n) is 5.22. The lowest BCUT2D eigenvalue weighted by atomic mass is 10.0. The van der Waals surface area contributed by atoms with E-state index in [1.54, 1.807) is 0 Å². The van der Waals surface area contributed by atoms with E-state index < -0.39 is 0 Å². The Morgan fingerprint density at radius 1 is 1.22 bits per heavy atom. The van der Waals surface area contributed by atoms with Crippen LogP contribution in [0.2, 0.25) is 0 Å². The summed E-state index contributed by atoms with van der Waals surface area (Å²) in [6.07, 6.45) is 5.44. The first-order chi connectivity index (χ1) is 8.68. The monoisotopic (exact) mass is 311 g/mol. The van der Waals surface area contributed by atoms with Gasteiger partial charge in [-0.15, -0.1) is 0 Å². The van der Waals surface area contributed by atoms with Crippen molar-refractivity contribution in [1.82, 2.24) is 5.32 Å². The molecule has 0 heterocycles. The molecule has 18 heavy (non-hydrogen) atoms. The molecule has 3 atom stereocenters. The molecule has 0 amide bonds. The Kier molecular flexibility index (Phi) is 5.22. The molecule has 1 aromatic carbocycles. The molecule has 1 fully saturated rings. The molecule has 1 aromatic rings. The molecular formula is C15H22BrNO. The smallest absolute Gasteiger partial charge is 0.0693 e. The second kappa shape index (κ2) is 6.69. The zero-order valence-corrected chi connectivity index (χ0v) is 12.5. The van der Waals surface area contributed by atoms with Crippen molar-refractivity contribution in [3.63, 3.8) is 0 Å². The van der Waals surface area contributed by atoms with Crippen LogP contribution in [0.15, 0.2) is 28.7 Å². The quantitative estimate of drug-likeness (QED) is 0.832. The third-order valence-corrected chi connectivity index (χ3v) is 4.54. The van der Waals surface area contributed by atoms with E-state index in [0.29, 0.717) is 0 Å². The minimum Gasteiger partial charge on any atom is -0.392 e. The van der Waals surface area contributed by atoms with Gasteiger partial charge in [0.15, 0.2) is 0 Å². The Labute approximate surface area is 118 Å². The molecule has 3 heteroatoms. The molecule has 2 N–H and O–H groups in total. The van der Waals surface area contributed by atoms with Gasteiger partial charge in [-0.25, -0.2) is 0 Å². The number of aliphatic hydroxyl groups is 1. The van der Waals surface area contributed by atoms with Gasteiger partial charge in [0.05, 0.1) is 6.10 Å². The second-order valence-corrected chi connectivity index (χ2v) is 6.08. The van der Waals surface area contributed by atoms with Gasteiger partial charge in [0.25, 0.3) is 0 Å². The van der Waals surface area contributed by atoms with E-state index in [4.69, 9.17) is 0 Å². The van der Waals surface area contributed by atoms with E-state index in [2.05, 4.69) is 46.4 Å². The summed E-state index contributed by atoms with van der Waals surface area (Å²) in [7, 11) is 0. The zero-order chi connectivity index (χ0) is 13.0. The third kappa shape index (κ3) is 3.56. The Bertz CT molecular complexity index is 383. The van der Waals surface area contributed by atoms with Gasteiger partial charge in [-0.05, 0) is 31.4 Å². The molecule has 0 aromatic heterocycles. The molecular weight excluding hydrogens is 290 g/mol. The molecule has 0 saturated heterocycles. The molecule has 0 aliphatic heterocycles. The van der Waals surface area contributed by atoms with Gasteiger partial charge >= 0.3 is 0 Å². The van der Waals surface area contributed by atoms with Crippen molar-refractivity contribution in [3.05, 3.63) is 34.3 Å². The Morgan fingerprint density at radius 3 is 2.72 bits per heavy atom. The number of nitrogens with one attached hydrogen (secondary N) is 1. The summed E-state index contributed by atoms with van der Waals surface area (Å²) in [4.78, 5) is 0. The molecule has 1 aliphatic rings. The number of aliphatic hydroxyl groups excluding tert-OH is 1. The number of halogens is 1. The van der Waals surface area contributed by atoms with E-state index in [1.807, 2.05) is 6.07 Å². The minimum atomic E-state index is -0.197. The Morgan fingerprint density at radius 2 is 1.94 bits per heavy atom. The van der Waals surface area contributed by atoms with Crippen LogP contribution >= 0.6 is 15.9 Å². The molecule has 0 bridgehead atoms. The number of hydrogen-bond donors (Lipinski definition) is 2. The lowest BCUT2D eigenvalue weighted by Crippen LogP contribution is -2.40. The molecule has 1 saturated carbocycles. The largest absolute Gasteiger partial charge is 0.392 e. The van der Waals surface area contributed by atoms with Gasteiger partial charge in [0.2, 0.25) is 0 Å². The van der Waals surface area contributed by atoms with Crippen molar-refractivity contribution in [2.24, 2.45) is 0 Å². The van der Waals surface area contributed by atoms with Crippen molar-refractivity contribution < 1.29 is 5.11 Å². The average Bonchev–Trinajstić information content (AvgIpc) is 2.55. The van der Waals surface area contributed by atoms with Crippen LogP contribution < -0.4 is 5.32 Å². The molecule has 100 valence electrons. The molecule has 2 rings (SSSR count). The van der Waals surface area contributed by atoms with Crippen LogP contribution in [0.5, 0.6) is 0 Å². The van der Waals surface area contributed by atoms with Crippen LogP contribution in [0.3, 0.4) is 0 Å². The minimum absolute atomic E-state index is 0.197. The van der Waals surface area contributed by atoms with E-state index in [-0.39, 0.29) is 18.2 Å². The van der Waals surface area contributed by atoms with Crippen molar-refractivity contribution in [3.8, 4) is 0 Å². The molecule has 1 aliphatic carbocycles. The summed E-state index contributed by atoms with van der Waals surface area (Å²) < 4.78 is 1.13. The standard InChI is InChI=1S/C15H22BrNO/c1-11(12-7-5-6-8-13(12)16)17-14-9-3-2-4-10-15(14)18/h5-8,11,14-15,17-18H,2-4,9-10H2,1H3. The Hall–Kier alpha value is -0.380. The van der Waals surface area contributed by atoms with Gasteiger partial charge in [0, 0.05) is 16.6 Å². The number of benzene rings is 1. The molecule has 0 radical (unpaired) electrons. The fourth-order valence-corrected chi connectivity index (χ4v) is 3.35. The fraction of sp³-hybridized carbons (Fsp3) is 0.600. The molecule has 2 nitrogen and oxygen atoms in total. The van der Waals surface area contributed by atoms with Crippen LogP contribution in [0.25, 0.3) is 0 Å². The van der Waals surface area contributed by atoms with Gasteiger partial charge in [-0.1, -0.05) is 53.4 Å². The van der Waals surface area contributed by atoms with Crippen molar-refractivity contribution in [2.75, 3.05) is 0 Å². The summed E-state index contributed by atoms with van der Waals surface area (Å²) in [5.41, 5.74) is 1.26. The van der Waals surface area contributed by atoms with Crippen LogP contribution in [-0.2, 0) is 0 Å². The van der Waals surface area contributed by atoms with Crippen LogP contribution in [0.1, 0.15) is 50.6 Å². The highest BCUT2D eigenvalue weighted by Gasteiger charge is 2.23. The summed E-state index contributed by atoms with van der Waals surface area (Å²) in [5.74, 6) is 0. The maximum atomic E-state index is 10.1. The Balaban J connectivity index is 2.02.